The van der Waals surface area contributed by atoms with Crippen molar-refractivity contribution in [3.63, 3.8) is 0 Å². The molecule has 3 atom stereocenters. The van der Waals surface area contributed by atoms with Gasteiger partial charge in [0.1, 0.15) is 12.3 Å². The number of nitrogens with one attached hydrogen (secondary N) is 1. The Hall–Kier alpha value is -2.23. The number of nitrogens with two attached hydrogens (primary N) is 1. The van der Waals surface area contributed by atoms with Gasteiger partial charge in [0.05, 0.1) is 25.6 Å². The summed E-state index contributed by atoms with van der Waals surface area (Å²) in [4.78, 5) is 22.3. The van der Waals surface area contributed by atoms with Crippen LogP contribution in [0.3, 0.4) is 0 Å². The number of H-pyrrole nitrogens is 1. The number of hydrogen-bond acceptors (Lipinski definition) is 7. The molecule has 1 unspecified atom stereocenters. The van der Waals surface area contributed by atoms with E-state index in [2.05, 4.69) is 21.5 Å². The standard InChI is InChI=1S/C13H17N5O4/c1-2-3-21-7-4-9(22-8(7)5-19)18-6-15-10-11(18)16-13(14)17-12(10)20/h2,6-9,19H,1,3-5H2,(H3,14,16,17,20)/t7?,8-,9-/m1/s1. The molecular formula is C13H17N5O4. The van der Waals surface area contributed by atoms with Gasteiger partial charge in [-0.3, -0.25) is 14.3 Å². The maximum absolute atomic E-state index is 11.8. The van der Waals surface area contributed by atoms with Crippen molar-refractivity contribution in [2.75, 3.05) is 18.9 Å². The van der Waals surface area contributed by atoms with E-state index in [-0.39, 0.29) is 24.2 Å². The first-order valence-corrected chi connectivity index (χ1v) is 6.85. The van der Waals surface area contributed by atoms with Gasteiger partial charge in [0, 0.05) is 6.42 Å². The highest BCUT2D eigenvalue weighted by Gasteiger charge is 2.37. The van der Waals surface area contributed by atoms with Crippen LogP contribution in [0.25, 0.3) is 11.2 Å². The second-order valence-corrected chi connectivity index (χ2v) is 4.98. The minimum absolute atomic E-state index is 0.00964. The van der Waals surface area contributed by atoms with E-state index in [4.69, 9.17) is 15.2 Å². The van der Waals surface area contributed by atoms with Crippen LogP contribution in [0.4, 0.5) is 5.95 Å². The number of anilines is 1. The fraction of sp³-hybridized carbons (Fsp3) is 0.462. The predicted molar refractivity (Wildman–Crippen MR) is 78.1 cm³/mol. The third-order valence-corrected chi connectivity index (χ3v) is 3.55. The van der Waals surface area contributed by atoms with Crippen molar-refractivity contribution in [2.24, 2.45) is 0 Å². The highest BCUT2D eigenvalue weighted by molar-refractivity contribution is 5.70. The molecule has 2 aromatic rings. The average Bonchev–Trinajstić information content (AvgIpc) is 3.08. The number of aliphatic hydroxyl groups excluding tert-OH is 1. The van der Waals surface area contributed by atoms with E-state index in [0.717, 1.165) is 0 Å². The number of nitrogen functional groups attached to an aromatic ring is 1. The minimum Gasteiger partial charge on any atom is -0.394 e. The summed E-state index contributed by atoms with van der Waals surface area (Å²) in [7, 11) is 0. The molecule has 0 amide bonds. The van der Waals surface area contributed by atoms with E-state index < -0.39 is 17.9 Å². The summed E-state index contributed by atoms with van der Waals surface area (Å²) in [5.41, 5.74) is 5.70. The molecule has 1 saturated heterocycles. The first-order chi connectivity index (χ1) is 10.6. The Balaban J connectivity index is 1.92. The van der Waals surface area contributed by atoms with E-state index in [9.17, 15) is 9.90 Å². The molecule has 0 aliphatic carbocycles. The van der Waals surface area contributed by atoms with Gasteiger partial charge in [0.25, 0.3) is 5.56 Å². The van der Waals surface area contributed by atoms with Gasteiger partial charge in [-0.1, -0.05) is 6.08 Å². The lowest BCUT2D eigenvalue weighted by Gasteiger charge is -2.15. The fourth-order valence-electron chi connectivity index (χ4n) is 2.56. The molecule has 0 spiro atoms. The van der Waals surface area contributed by atoms with Crippen molar-refractivity contribution in [2.45, 2.75) is 24.9 Å². The van der Waals surface area contributed by atoms with Crippen LogP contribution in [-0.4, -0.2) is 50.0 Å². The Labute approximate surface area is 125 Å². The van der Waals surface area contributed by atoms with Crippen LogP contribution in [-0.2, 0) is 9.47 Å². The van der Waals surface area contributed by atoms with Crippen molar-refractivity contribution in [3.8, 4) is 0 Å². The quantitative estimate of drug-likeness (QED) is 0.638. The van der Waals surface area contributed by atoms with Gasteiger partial charge in [-0.05, 0) is 0 Å². The van der Waals surface area contributed by atoms with Gasteiger partial charge in [-0.25, -0.2) is 4.98 Å². The molecule has 0 radical (unpaired) electrons. The molecule has 0 bridgehead atoms. The first-order valence-electron chi connectivity index (χ1n) is 6.85. The van der Waals surface area contributed by atoms with Gasteiger partial charge < -0.3 is 20.3 Å². The molecule has 1 aliphatic heterocycles. The Morgan fingerprint density at radius 2 is 2.50 bits per heavy atom. The molecule has 4 N–H and O–H groups in total. The maximum atomic E-state index is 11.8. The largest absolute Gasteiger partial charge is 0.394 e. The molecule has 3 heterocycles. The zero-order chi connectivity index (χ0) is 15.7. The Bertz CT molecular complexity index is 740. The van der Waals surface area contributed by atoms with Crippen LogP contribution in [0.15, 0.2) is 23.8 Å². The first kappa shape index (κ1) is 14.7. The molecule has 2 aromatic heterocycles. The molecule has 118 valence electrons. The number of imidazole rings is 1. The topological polar surface area (TPSA) is 128 Å². The summed E-state index contributed by atoms with van der Waals surface area (Å²) < 4.78 is 13.0. The van der Waals surface area contributed by atoms with Gasteiger partial charge in [-0.15, -0.1) is 6.58 Å². The molecule has 9 nitrogen and oxygen atoms in total. The zero-order valence-electron chi connectivity index (χ0n) is 11.8. The van der Waals surface area contributed by atoms with Gasteiger partial charge >= 0.3 is 0 Å². The number of rotatable bonds is 5. The summed E-state index contributed by atoms with van der Waals surface area (Å²) in [5, 5.41) is 9.41. The normalized spacial score (nSPS) is 24.9. The maximum Gasteiger partial charge on any atom is 0.280 e. The van der Waals surface area contributed by atoms with Crippen molar-refractivity contribution in [3.05, 3.63) is 29.3 Å². The lowest BCUT2D eigenvalue weighted by Crippen LogP contribution is -2.27. The lowest BCUT2D eigenvalue weighted by atomic mass is 10.2. The highest BCUT2D eigenvalue weighted by atomic mass is 16.6. The van der Waals surface area contributed by atoms with E-state index in [1.807, 2.05) is 0 Å². The van der Waals surface area contributed by atoms with Crippen LogP contribution in [0, 0.1) is 0 Å². The second kappa shape index (κ2) is 5.87. The number of ether oxygens (including phenoxy) is 2. The second-order valence-electron chi connectivity index (χ2n) is 4.98. The third-order valence-electron chi connectivity index (χ3n) is 3.55. The van der Waals surface area contributed by atoms with Crippen LogP contribution < -0.4 is 11.3 Å². The van der Waals surface area contributed by atoms with E-state index in [0.29, 0.717) is 18.7 Å². The monoisotopic (exact) mass is 307 g/mol. The van der Waals surface area contributed by atoms with Gasteiger partial charge in [0.2, 0.25) is 5.95 Å². The Kier molecular flexibility index (Phi) is 3.92. The molecule has 1 aliphatic rings. The number of aliphatic hydroxyl groups is 1. The Morgan fingerprint density at radius 3 is 3.23 bits per heavy atom. The van der Waals surface area contributed by atoms with Gasteiger partial charge in [0.15, 0.2) is 11.2 Å². The Morgan fingerprint density at radius 1 is 1.68 bits per heavy atom. The molecule has 0 saturated carbocycles. The van der Waals surface area contributed by atoms with Crippen molar-refractivity contribution < 1.29 is 14.6 Å². The van der Waals surface area contributed by atoms with Crippen LogP contribution in [0.1, 0.15) is 12.6 Å². The number of aromatic nitrogens is 4. The van der Waals surface area contributed by atoms with Gasteiger partial charge in [-0.2, -0.15) is 4.98 Å². The highest BCUT2D eigenvalue weighted by Crippen LogP contribution is 2.32. The summed E-state index contributed by atoms with van der Waals surface area (Å²) >= 11 is 0. The van der Waals surface area contributed by atoms with Crippen molar-refractivity contribution >= 4 is 17.1 Å². The SMILES string of the molecule is C=CCOC1C[C@H](n2cnc3c(=O)[nH]c(N)nc32)O[C@@H]1CO. The van der Waals surface area contributed by atoms with E-state index in [1.165, 1.54) is 6.33 Å². The molecule has 0 aromatic carbocycles. The molecule has 3 rings (SSSR count). The molecule has 9 heteroatoms. The van der Waals surface area contributed by atoms with Crippen LogP contribution in [0.5, 0.6) is 0 Å². The van der Waals surface area contributed by atoms with E-state index >= 15 is 0 Å². The fourth-order valence-corrected chi connectivity index (χ4v) is 2.56. The summed E-state index contributed by atoms with van der Waals surface area (Å²) in [6.07, 6.45) is 2.44. The van der Waals surface area contributed by atoms with Crippen molar-refractivity contribution in [1.82, 2.24) is 19.5 Å². The molecular weight excluding hydrogens is 290 g/mol. The molecule has 22 heavy (non-hydrogen) atoms. The number of aromatic amines is 1. The van der Waals surface area contributed by atoms with Crippen LogP contribution >= 0.6 is 0 Å². The third kappa shape index (κ3) is 2.49. The predicted octanol–water partition coefficient (Wildman–Crippen LogP) is -0.447. The number of nitrogens with zero attached hydrogens (tertiary/aromatic N) is 3. The summed E-state index contributed by atoms with van der Waals surface area (Å²) in [6, 6.07) is 0. The van der Waals surface area contributed by atoms with Crippen LogP contribution in [0.2, 0.25) is 0 Å². The lowest BCUT2D eigenvalue weighted by molar-refractivity contribution is -0.0561. The molecule has 1 fully saturated rings. The smallest absolute Gasteiger partial charge is 0.280 e. The summed E-state index contributed by atoms with van der Waals surface area (Å²) in [6.45, 7) is 3.80. The van der Waals surface area contributed by atoms with E-state index in [1.54, 1.807) is 10.6 Å². The van der Waals surface area contributed by atoms with Crippen molar-refractivity contribution in [1.29, 1.82) is 0 Å². The number of fused-ring (bicyclic) bond motifs is 1. The number of hydrogen-bond donors (Lipinski definition) is 3. The zero-order valence-corrected chi connectivity index (χ0v) is 11.8. The summed E-state index contributed by atoms with van der Waals surface area (Å²) in [5.74, 6) is 0.00964. The minimum atomic E-state index is -0.457. The average molecular weight is 307 g/mol.